The lowest BCUT2D eigenvalue weighted by Gasteiger charge is -2.17. The van der Waals surface area contributed by atoms with Gasteiger partial charge in [-0.2, -0.15) is 13.5 Å². The van der Waals surface area contributed by atoms with Gasteiger partial charge in [-0.25, -0.2) is 27.8 Å². The van der Waals surface area contributed by atoms with Gasteiger partial charge in [0.05, 0.1) is 21.9 Å². The lowest BCUT2D eigenvalue weighted by Crippen LogP contribution is -2.17. The van der Waals surface area contributed by atoms with Crippen molar-refractivity contribution < 1.29 is 35.3 Å². The molecule has 0 bridgehead atoms. The number of nitrogens with zero attached hydrogens (tertiary/aromatic N) is 4. The van der Waals surface area contributed by atoms with Crippen LogP contribution in [0.3, 0.4) is 0 Å². The van der Waals surface area contributed by atoms with Crippen LogP contribution in [0, 0.1) is 17.5 Å². The smallest absolute Gasteiger partial charge is 0.294 e. The second-order valence-corrected chi connectivity index (χ2v) is 13.2. The first-order valence-corrected chi connectivity index (χ1v) is 17.2. The van der Waals surface area contributed by atoms with Crippen LogP contribution in [-0.4, -0.2) is 38.8 Å². The van der Waals surface area contributed by atoms with Crippen LogP contribution in [0.4, 0.5) is 19.0 Å². The highest BCUT2D eigenvalue weighted by Gasteiger charge is 2.28. The van der Waals surface area contributed by atoms with Gasteiger partial charge in [-0.1, -0.05) is 43.8 Å². The van der Waals surface area contributed by atoms with Crippen LogP contribution < -0.4 is 15.9 Å². The molecular weight excluding hydrogens is 712 g/mol. The van der Waals surface area contributed by atoms with E-state index in [9.17, 15) is 26.4 Å². The Hall–Kier alpha value is -6.06. The highest BCUT2D eigenvalue weighted by Crippen LogP contribution is 2.37. The predicted octanol–water partition coefficient (Wildman–Crippen LogP) is 8.23. The molecule has 3 heterocycles. The van der Waals surface area contributed by atoms with Crippen molar-refractivity contribution in [1.82, 2.24) is 19.7 Å². The summed E-state index contributed by atoms with van der Waals surface area (Å²) in [4.78, 5) is 22.2. The number of hydrogen-bond donors (Lipinski definition) is 2. The number of ether oxygens (including phenoxy) is 1. The standard InChI is InChI=1S/C31H24F3N5O3.C6H6O3S.CH4/c1-15(2)41-22-11-10-18(13-21(22)34)27-26-30(35)36-14-37-31(26)39(38-27)16(3)29-24(17-6-4-7-19(32)12-17)28(40)25-20(33)8-5-9-23(25)42-29;7-10(8,9)6-4-2-1-3-5-6;/h4-16H,1-3H3,(H2,35,36,37);1-5H,(H,7,8,9);1H4/t16-;;/m0../s1. The number of rotatable bonds is 7. The molecule has 0 fully saturated rings. The Morgan fingerprint density at radius 2 is 1.57 bits per heavy atom. The first-order chi connectivity index (χ1) is 24.7. The summed E-state index contributed by atoms with van der Waals surface area (Å²) >= 11 is 0. The van der Waals surface area contributed by atoms with Gasteiger partial charge in [0.1, 0.15) is 52.2 Å². The van der Waals surface area contributed by atoms with Crippen LogP contribution in [0.2, 0.25) is 0 Å². The van der Waals surface area contributed by atoms with E-state index >= 15 is 0 Å². The molecule has 1 atom stereocenters. The SMILES string of the molecule is C.CC(C)Oc1ccc(-c2nn([C@@H](C)c3oc4cccc(F)c4c(=O)c3-c3cccc(F)c3)c3ncnc(N)c23)cc1F.O=S(=O)(O)c1ccccc1. The summed E-state index contributed by atoms with van der Waals surface area (Å²) in [5, 5.41) is 4.81. The molecule has 3 N–H and O–H groups in total. The van der Waals surface area contributed by atoms with Gasteiger partial charge in [0.15, 0.2) is 17.2 Å². The van der Waals surface area contributed by atoms with E-state index in [1.165, 1.54) is 71.7 Å². The zero-order chi connectivity index (χ0) is 37.3. The Balaban J connectivity index is 0.000000428. The van der Waals surface area contributed by atoms with Crippen LogP contribution in [0.25, 0.3) is 44.4 Å². The van der Waals surface area contributed by atoms with E-state index in [0.717, 1.165) is 6.07 Å². The number of anilines is 1. The minimum atomic E-state index is -4.00. The number of fused-ring (bicyclic) bond motifs is 2. The largest absolute Gasteiger partial charge is 0.488 e. The molecule has 0 aliphatic carbocycles. The molecule has 0 amide bonds. The van der Waals surface area contributed by atoms with Crippen LogP contribution in [-0.2, 0) is 10.1 Å². The Labute approximate surface area is 302 Å². The average molecular weight is 746 g/mol. The van der Waals surface area contributed by atoms with Crippen LogP contribution in [0.5, 0.6) is 5.75 Å². The summed E-state index contributed by atoms with van der Waals surface area (Å²) in [7, 11) is -4.00. The van der Waals surface area contributed by atoms with Crippen molar-refractivity contribution in [3.63, 3.8) is 0 Å². The van der Waals surface area contributed by atoms with Crippen molar-refractivity contribution in [1.29, 1.82) is 0 Å². The molecule has 0 aliphatic rings. The third-order valence-corrected chi connectivity index (χ3v) is 8.75. The summed E-state index contributed by atoms with van der Waals surface area (Å²) in [5.74, 6) is -1.67. The second-order valence-electron chi connectivity index (χ2n) is 11.8. The van der Waals surface area contributed by atoms with Crippen LogP contribution in [0.15, 0.2) is 111 Å². The number of benzene rings is 4. The van der Waals surface area contributed by atoms with Gasteiger partial charge < -0.3 is 14.9 Å². The van der Waals surface area contributed by atoms with Gasteiger partial charge in [0.25, 0.3) is 10.1 Å². The van der Waals surface area contributed by atoms with Gasteiger partial charge in [0.2, 0.25) is 5.43 Å². The van der Waals surface area contributed by atoms with Gasteiger partial charge in [-0.15, -0.1) is 0 Å². The topological polar surface area (TPSA) is 163 Å². The molecule has 15 heteroatoms. The average Bonchev–Trinajstić information content (AvgIpc) is 3.50. The fourth-order valence-corrected chi connectivity index (χ4v) is 6.10. The van der Waals surface area contributed by atoms with Crippen molar-refractivity contribution in [3.05, 3.63) is 131 Å². The molecule has 0 saturated carbocycles. The molecule has 7 aromatic rings. The Morgan fingerprint density at radius 1 is 0.849 bits per heavy atom. The van der Waals surface area contributed by atoms with Crippen LogP contribution in [0.1, 0.15) is 40.0 Å². The zero-order valence-corrected chi connectivity index (χ0v) is 28.6. The molecule has 0 unspecified atom stereocenters. The monoisotopic (exact) mass is 745 g/mol. The highest BCUT2D eigenvalue weighted by molar-refractivity contribution is 7.85. The van der Waals surface area contributed by atoms with E-state index in [-0.39, 0.29) is 69.2 Å². The Morgan fingerprint density at radius 3 is 2.21 bits per heavy atom. The molecule has 53 heavy (non-hydrogen) atoms. The summed E-state index contributed by atoms with van der Waals surface area (Å²) in [6.45, 7) is 5.28. The van der Waals surface area contributed by atoms with Gasteiger partial charge in [0, 0.05) is 5.56 Å². The number of halogens is 3. The first-order valence-electron chi connectivity index (χ1n) is 15.7. The minimum absolute atomic E-state index is 0. The third-order valence-electron chi connectivity index (χ3n) is 7.88. The molecular formula is C38H34F3N5O6S. The maximum Gasteiger partial charge on any atom is 0.294 e. The molecule has 274 valence electrons. The minimum Gasteiger partial charge on any atom is -0.488 e. The molecule has 0 aliphatic heterocycles. The third kappa shape index (κ3) is 7.76. The molecule has 0 spiro atoms. The second kappa shape index (κ2) is 15.3. The normalized spacial score (nSPS) is 11.9. The lowest BCUT2D eigenvalue weighted by molar-refractivity contribution is 0.231. The fourth-order valence-electron chi connectivity index (χ4n) is 5.60. The summed E-state index contributed by atoms with van der Waals surface area (Å²) in [6, 6.07) is 20.4. The maximum absolute atomic E-state index is 15.0. The van der Waals surface area contributed by atoms with Crippen molar-refractivity contribution >= 4 is 37.9 Å². The van der Waals surface area contributed by atoms with E-state index < -0.39 is 39.0 Å². The Kier molecular flexibility index (Phi) is 11.0. The predicted molar refractivity (Wildman–Crippen MR) is 196 cm³/mol. The molecule has 7 rings (SSSR count). The van der Waals surface area contributed by atoms with Crippen molar-refractivity contribution in [2.24, 2.45) is 0 Å². The number of aromatic nitrogens is 4. The summed E-state index contributed by atoms with van der Waals surface area (Å²) < 4.78 is 86.5. The van der Waals surface area contributed by atoms with Crippen molar-refractivity contribution in [2.75, 3.05) is 5.73 Å². The number of hydrogen-bond acceptors (Lipinski definition) is 9. The van der Waals surface area contributed by atoms with Gasteiger partial charge in [-0.05, 0) is 80.9 Å². The molecule has 4 aromatic carbocycles. The summed E-state index contributed by atoms with van der Waals surface area (Å²) in [6.07, 6.45) is 1.03. The molecule has 0 radical (unpaired) electrons. The van der Waals surface area contributed by atoms with Gasteiger partial charge in [-0.3, -0.25) is 9.35 Å². The Bertz CT molecular complexity index is 2610. The maximum atomic E-state index is 15.0. The van der Waals surface area contributed by atoms with Crippen molar-refractivity contribution in [2.45, 2.75) is 45.2 Å². The molecule has 0 saturated heterocycles. The molecule has 3 aromatic heterocycles. The van der Waals surface area contributed by atoms with Crippen molar-refractivity contribution in [3.8, 4) is 28.1 Å². The van der Waals surface area contributed by atoms with Gasteiger partial charge >= 0.3 is 0 Å². The van der Waals surface area contributed by atoms with E-state index in [0.29, 0.717) is 10.9 Å². The van der Waals surface area contributed by atoms with E-state index in [1.807, 2.05) is 0 Å². The number of nitrogen functional groups attached to an aromatic ring is 1. The highest BCUT2D eigenvalue weighted by atomic mass is 32.2. The van der Waals surface area contributed by atoms with E-state index in [2.05, 4.69) is 9.97 Å². The number of nitrogens with two attached hydrogens (primary N) is 1. The lowest BCUT2D eigenvalue weighted by atomic mass is 9.99. The zero-order valence-electron chi connectivity index (χ0n) is 27.8. The van der Waals surface area contributed by atoms with Crippen LogP contribution >= 0.6 is 0 Å². The van der Waals surface area contributed by atoms with E-state index in [4.69, 9.17) is 24.5 Å². The van der Waals surface area contributed by atoms with E-state index in [1.54, 1.807) is 45.0 Å². The molecule has 11 nitrogen and oxygen atoms in total. The first kappa shape index (κ1) is 38.2. The fraction of sp³-hybridized carbons (Fsp3) is 0.158. The quantitative estimate of drug-likeness (QED) is 0.152. The summed E-state index contributed by atoms with van der Waals surface area (Å²) in [5.41, 5.74) is 6.70.